The number of carbonyl (C=O) groups is 2. The highest BCUT2D eigenvalue weighted by molar-refractivity contribution is 7.89. The number of carbonyl (C=O) groups excluding carboxylic acids is 2. The minimum Gasteiger partial charge on any atom is -0.486 e. The number of anilines is 2. The highest BCUT2D eigenvalue weighted by Crippen LogP contribution is 2.35. The van der Waals surface area contributed by atoms with Crippen molar-refractivity contribution in [3.8, 4) is 5.75 Å². The van der Waals surface area contributed by atoms with E-state index in [4.69, 9.17) is 9.26 Å². The molecule has 12 nitrogen and oxygen atoms in total. The molecule has 1 aliphatic heterocycles. The zero-order valence-electron chi connectivity index (χ0n) is 23.6. The molecule has 0 aliphatic carbocycles. The van der Waals surface area contributed by atoms with E-state index in [1.165, 1.54) is 23.5 Å². The van der Waals surface area contributed by atoms with Gasteiger partial charge in [-0.25, -0.2) is 13.2 Å². The number of nitrogens with zero attached hydrogens (tertiary/aromatic N) is 3. The number of aryl methyl sites for hydroxylation is 2. The summed E-state index contributed by atoms with van der Waals surface area (Å²) in [6.45, 7) is 6.85. The summed E-state index contributed by atoms with van der Waals surface area (Å²) in [5, 5.41) is 19.2. The molecule has 0 saturated carbocycles. The van der Waals surface area contributed by atoms with Crippen molar-refractivity contribution in [1.29, 1.82) is 0 Å². The highest BCUT2D eigenvalue weighted by atomic mass is 32.2. The lowest BCUT2D eigenvalue weighted by Gasteiger charge is -2.38. The number of hydrogen-bond acceptors (Lipinski definition) is 8. The number of aromatic nitrogens is 1. The van der Waals surface area contributed by atoms with Crippen LogP contribution in [-0.4, -0.2) is 78.7 Å². The van der Waals surface area contributed by atoms with Crippen molar-refractivity contribution in [3.63, 3.8) is 0 Å². The van der Waals surface area contributed by atoms with Gasteiger partial charge >= 0.3 is 6.03 Å². The van der Waals surface area contributed by atoms with Crippen LogP contribution in [0.4, 0.5) is 16.2 Å². The number of aliphatic hydroxyl groups is 1. The summed E-state index contributed by atoms with van der Waals surface area (Å²) in [5.41, 5.74) is 1.30. The first kappa shape index (κ1) is 30.0. The Morgan fingerprint density at radius 2 is 1.88 bits per heavy atom. The minimum atomic E-state index is -3.83. The van der Waals surface area contributed by atoms with Crippen LogP contribution in [0.3, 0.4) is 0 Å². The summed E-state index contributed by atoms with van der Waals surface area (Å²) in [6, 6.07) is 11.7. The first-order valence-electron chi connectivity index (χ1n) is 13.2. The molecule has 3 aromatic rings. The van der Waals surface area contributed by atoms with Gasteiger partial charge in [0.05, 0.1) is 35.3 Å². The number of amides is 3. The monoisotopic (exact) mass is 585 g/mol. The predicted octanol–water partition coefficient (Wildman–Crippen LogP) is 3.48. The van der Waals surface area contributed by atoms with Gasteiger partial charge in [0.25, 0.3) is 5.91 Å². The molecule has 2 heterocycles. The fourth-order valence-corrected chi connectivity index (χ4v) is 5.82. The lowest BCUT2D eigenvalue weighted by Crippen LogP contribution is -2.50. The lowest BCUT2D eigenvalue weighted by molar-refractivity contribution is 0.0389. The number of aliphatic hydroxyl groups excluding tert-OH is 1. The zero-order valence-corrected chi connectivity index (χ0v) is 24.4. The van der Waals surface area contributed by atoms with E-state index in [2.05, 4.69) is 15.8 Å². The molecule has 3 N–H and O–H groups in total. The number of urea groups is 1. The molecule has 0 saturated heterocycles. The topological polar surface area (TPSA) is 154 Å². The number of fused-ring (bicyclic) bond motifs is 1. The lowest BCUT2D eigenvalue weighted by atomic mass is 9.99. The Morgan fingerprint density at radius 1 is 1.17 bits per heavy atom. The largest absolute Gasteiger partial charge is 0.486 e. The molecule has 0 spiro atoms. The zero-order chi connectivity index (χ0) is 29.9. The van der Waals surface area contributed by atoms with Crippen LogP contribution >= 0.6 is 0 Å². The van der Waals surface area contributed by atoms with Crippen molar-refractivity contribution in [2.75, 3.05) is 37.4 Å². The minimum absolute atomic E-state index is 0.0347. The first-order chi connectivity index (χ1) is 19.4. The second-order valence-electron chi connectivity index (χ2n) is 10.2. The normalized spacial score (nSPS) is 18.2. The number of rotatable bonds is 8. The summed E-state index contributed by atoms with van der Waals surface area (Å²) >= 11 is 0. The van der Waals surface area contributed by atoms with Crippen LogP contribution in [0.25, 0.3) is 0 Å². The van der Waals surface area contributed by atoms with E-state index < -0.39 is 28.2 Å². The van der Waals surface area contributed by atoms with E-state index in [0.717, 1.165) is 0 Å². The van der Waals surface area contributed by atoms with Crippen molar-refractivity contribution in [1.82, 2.24) is 14.4 Å². The summed E-state index contributed by atoms with van der Waals surface area (Å²) in [5.74, 6) is -0.202. The van der Waals surface area contributed by atoms with Gasteiger partial charge in [-0.2, -0.15) is 4.31 Å². The fourth-order valence-electron chi connectivity index (χ4n) is 4.61. The van der Waals surface area contributed by atoms with Gasteiger partial charge < -0.3 is 29.9 Å². The van der Waals surface area contributed by atoms with E-state index in [1.54, 1.807) is 62.1 Å². The Kier molecular flexibility index (Phi) is 9.00. The van der Waals surface area contributed by atoms with Crippen molar-refractivity contribution in [2.24, 2.45) is 5.92 Å². The predicted molar refractivity (Wildman–Crippen MR) is 152 cm³/mol. The van der Waals surface area contributed by atoms with Crippen molar-refractivity contribution in [2.45, 2.75) is 44.7 Å². The molecular formula is C28H35N5O7S. The number of benzene rings is 2. The number of nitrogens with one attached hydrogen (secondary N) is 2. The van der Waals surface area contributed by atoms with Gasteiger partial charge in [0.15, 0.2) is 11.5 Å². The molecule has 1 aliphatic rings. The van der Waals surface area contributed by atoms with Gasteiger partial charge in [-0.3, -0.25) is 4.79 Å². The third kappa shape index (κ3) is 6.37. The molecule has 41 heavy (non-hydrogen) atoms. The smallest absolute Gasteiger partial charge is 0.323 e. The molecule has 1 aromatic heterocycles. The van der Waals surface area contributed by atoms with Gasteiger partial charge in [-0.15, -0.1) is 0 Å². The van der Waals surface area contributed by atoms with E-state index in [-0.39, 0.29) is 53.4 Å². The first-order valence-corrected chi connectivity index (χ1v) is 14.6. The summed E-state index contributed by atoms with van der Waals surface area (Å²) in [6.07, 6.45) is -0.715. The summed E-state index contributed by atoms with van der Waals surface area (Å²) in [4.78, 5) is 28.3. The molecule has 3 amide bonds. The molecule has 13 heteroatoms. The van der Waals surface area contributed by atoms with Crippen LogP contribution in [0.1, 0.15) is 35.7 Å². The van der Waals surface area contributed by atoms with Crippen molar-refractivity contribution < 1.29 is 32.4 Å². The number of likely N-dealkylation sites (N-methyl/N-ethyl adjacent to an activating group) is 1. The molecule has 0 unspecified atom stereocenters. The summed E-state index contributed by atoms with van der Waals surface area (Å²) in [7, 11) is -2.36. The summed E-state index contributed by atoms with van der Waals surface area (Å²) < 4.78 is 39.3. The second kappa shape index (κ2) is 12.3. The number of para-hydroxylation sites is 1. The molecule has 2 aromatic carbocycles. The van der Waals surface area contributed by atoms with E-state index in [9.17, 15) is 23.1 Å². The van der Waals surface area contributed by atoms with Gasteiger partial charge in [-0.1, -0.05) is 36.3 Å². The van der Waals surface area contributed by atoms with Gasteiger partial charge in [0.1, 0.15) is 17.5 Å². The van der Waals surface area contributed by atoms with Crippen molar-refractivity contribution >= 4 is 33.3 Å². The van der Waals surface area contributed by atoms with Crippen LogP contribution in [0.15, 0.2) is 57.9 Å². The van der Waals surface area contributed by atoms with E-state index in [0.29, 0.717) is 17.1 Å². The van der Waals surface area contributed by atoms with E-state index >= 15 is 0 Å². The third-order valence-corrected chi connectivity index (χ3v) is 8.94. The second-order valence-corrected chi connectivity index (χ2v) is 12.2. The van der Waals surface area contributed by atoms with E-state index in [1.807, 2.05) is 6.92 Å². The Balaban J connectivity index is 1.70. The standard InChI is InChI=1S/C28H35N5O7S/c1-17-14-33(18(2)16-34)27(35)22-12-9-13-23(29-28(36)30-25-19(3)31-40-20(25)4)26(22)39-24(17)15-32(5)41(37,38)21-10-7-6-8-11-21/h6-13,17-18,24,34H,14-16H2,1-5H3,(H2,29,30,36)/t17-,18+,24-/m0/s1. The number of sulfonamides is 1. The van der Waals surface area contributed by atoms with Crippen LogP contribution < -0.4 is 15.4 Å². The molecule has 3 atom stereocenters. The van der Waals surface area contributed by atoms with Gasteiger partial charge in [0, 0.05) is 19.5 Å². The average molecular weight is 586 g/mol. The van der Waals surface area contributed by atoms with Crippen LogP contribution in [0.2, 0.25) is 0 Å². The molecule has 0 fully saturated rings. The van der Waals surface area contributed by atoms with Gasteiger partial charge in [-0.05, 0) is 45.0 Å². The third-order valence-electron chi connectivity index (χ3n) is 7.10. The molecular weight excluding hydrogens is 550 g/mol. The maximum atomic E-state index is 13.7. The molecule has 220 valence electrons. The SMILES string of the molecule is Cc1noc(C)c1NC(=O)Nc1cccc2c1O[C@@H](CN(C)S(=O)(=O)c1ccccc1)[C@@H](C)CN([C@H](C)CO)C2=O. The Bertz CT molecular complexity index is 1490. The Hall–Kier alpha value is -3.94. The Labute approximate surface area is 239 Å². The quantitative estimate of drug-likeness (QED) is 0.363. The van der Waals surface area contributed by atoms with Gasteiger partial charge in [0.2, 0.25) is 10.0 Å². The maximum absolute atomic E-state index is 13.7. The molecule has 0 radical (unpaired) electrons. The van der Waals surface area contributed by atoms with Crippen molar-refractivity contribution in [3.05, 3.63) is 65.5 Å². The van der Waals surface area contributed by atoms with Crippen LogP contribution in [-0.2, 0) is 10.0 Å². The van der Waals surface area contributed by atoms with Crippen LogP contribution in [0.5, 0.6) is 5.75 Å². The Morgan fingerprint density at radius 3 is 2.51 bits per heavy atom. The number of ether oxygens (including phenoxy) is 1. The van der Waals surface area contributed by atoms with Crippen LogP contribution in [0, 0.1) is 19.8 Å². The average Bonchev–Trinajstić information content (AvgIpc) is 3.27. The maximum Gasteiger partial charge on any atom is 0.323 e. The molecule has 0 bridgehead atoms. The number of hydrogen-bond donors (Lipinski definition) is 3. The fraction of sp³-hybridized carbons (Fsp3) is 0.393. The molecule has 4 rings (SSSR count). The highest BCUT2D eigenvalue weighted by Gasteiger charge is 2.36.